The molecular formula is C15H24. The molecule has 3 aliphatic rings. The first-order chi connectivity index (χ1) is 6.95. The van der Waals surface area contributed by atoms with Gasteiger partial charge >= 0.3 is 0 Å². The molecule has 0 unspecified atom stereocenters. The van der Waals surface area contributed by atoms with Gasteiger partial charge in [0.05, 0.1) is 0 Å². The Morgan fingerprint density at radius 2 is 1.93 bits per heavy atom. The maximum Gasteiger partial charge on any atom is -0.0146 e. The summed E-state index contributed by atoms with van der Waals surface area (Å²) < 4.78 is 0. The van der Waals surface area contributed by atoms with Crippen LogP contribution in [0.4, 0.5) is 0 Å². The number of hydrogen-bond donors (Lipinski definition) is 0. The van der Waals surface area contributed by atoms with Crippen LogP contribution in [0.15, 0.2) is 11.6 Å². The molecule has 0 aromatic heterocycles. The van der Waals surface area contributed by atoms with E-state index in [1.807, 2.05) is 0 Å². The molecule has 0 heteroatoms. The summed E-state index contributed by atoms with van der Waals surface area (Å²) in [5.41, 5.74) is 3.01. The molecule has 84 valence electrons. The van der Waals surface area contributed by atoms with E-state index in [1.165, 1.54) is 25.7 Å². The third kappa shape index (κ3) is 1.09. The molecule has 4 atom stereocenters. The highest BCUT2D eigenvalue weighted by Crippen LogP contribution is 2.70. The minimum absolute atomic E-state index is 0.644. The second kappa shape index (κ2) is 2.70. The molecule has 0 heterocycles. The summed E-state index contributed by atoms with van der Waals surface area (Å²) in [7, 11) is 0. The Morgan fingerprint density at radius 3 is 2.60 bits per heavy atom. The average Bonchev–Trinajstić information content (AvgIpc) is 2.38. The second-order valence-electron chi connectivity index (χ2n) is 7.19. The predicted octanol–water partition coefficient (Wildman–Crippen LogP) is 4.42. The molecule has 0 nitrogen and oxygen atoms in total. The van der Waals surface area contributed by atoms with Crippen molar-refractivity contribution in [3.8, 4) is 0 Å². The van der Waals surface area contributed by atoms with Crippen LogP contribution in [0, 0.1) is 28.6 Å². The van der Waals surface area contributed by atoms with Crippen molar-refractivity contribution in [3.63, 3.8) is 0 Å². The fraction of sp³-hybridized carbons (Fsp3) is 0.867. The van der Waals surface area contributed by atoms with Crippen LogP contribution in [0.1, 0.15) is 53.4 Å². The zero-order valence-corrected chi connectivity index (χ0v) is 10.6. The van der Waals surface area contributed by atoms with E-state index in [0.29, 0.717) is 10.8 Å². The van der Waals surface area contributed by atoms with Gasteiger partial charge in [0.1, 0.15) is 0 Å². The average molecular weight is 204 g/mol. The lowest BCUT2D eigenvalue weighted by molar-refractivity contribution is -0.0434. The van der Waals surface area contributed by atoms with E-state index in [0.717, 1.165) is 17.8 Å². The van der Waals surface area contributed by atoms with Crippen molar-refractivity contribution in [2.24, 2.45) is 28.6 Å². The van der Waals surface area contributed by atoms with Crippen LogP contribution in [0.2, 0.25) is 0 Å². The lowest BCUT2D eigenvalue weighted by Gasteiger charge is -2.54. The minimum atomic E-state index is 0.644. The summed E-state index contributed by atoms with van der Waals surface area (Å²) in [4.78, 5) is 0. The monoisotopic (exact) mass is 204 g/mol. The van der Waals surface area contributed by atoms with Crippen molar-refractivity contribution in [3.05, 3.63) is 11.6 Å². The number of hydrogen-bond acceptors (Lipinski definition) is 0. The Labute approximate surface area is 94.1 Å². The van der Waals surface area contributed by atoms with E-state index in [4.69, 9.17) is 0 Å². The van der Waals surface area contributed by atoms with E-state index in [2.05, 4.69) is 33.8 Å². The first kappa shape index (κ1) is 9.93. The molecule has 0 radical (unpaired) electrons. The standard InChI is InChI=1S/C15H24/c1-10-6-5-7-15(4)11(10)8-12-13(15)9-14(12,2)3/h6,11-13H,5,7-9H2,1-4H3/t11-,12+,13+,15+/m0/s1. The van der Waals surface area contributed by atoms with Gasteiger partial charge in [-0.3, -0.25) is 0 Å². The summed E-state index contributed by atoms with van der Waals surface area (Å²) in [6, 6.07) is 0. The van der Waals surface area contributed by atoms with Crippen molar-refractivity contribution >= 4 is 0 Å². The van der Waals surface area contributed by atoms with Crippen LogP contribution in [0.3, 0.4) is 0 Å². The smallest absolute Gasteiger partial charge is 0.0146 e. The van der Waals surface area contributed by atoms with E-state index in [1.54, 1.807) is 5.57 Å². The molecule has 0 aromatic rings. The van der Waals surface area contributed by atoms with Crippen LogP contribution in [0.25, 0.3) is 0 Å². The van der Waals surface area contributed by atoms with Gasteiger partial charge in [0.25, 0.3) is 0 Å². The Bertz CT molecular complexity index is 323. The van der Waals surface area contributed by atoms with Crippen molar-refractivity contribution in [1.82, 2.24) is 0 Å². The van der Waals surface area contributed by atoms with Crippen LogP contribution in [-0.4, -0.2) is 0 Å². The molecular weight excluding hydrogens is 180 g/mol. The van der Waals surface area contributed by atoms with Crippen LogP contribution in [0.5, 0.6) is 0 Å². The quantitative estimate of drug-likeness (QED) is 0.513. The van der Waals surface area contributed by atoms with Crippen LogP contribution < -0.4 is 0 Å². The lowest BCUT2D eigenvalue weighted by atomic mass is 9.51. The van der Waals surface area contributed by atoms with Crippen molar-refractivity contribution in [1.29, 1.82) is 0 Å². The maximum absolute atomic E-state index is 2.58. The number of allylic oxidation sites excluding steroid dienone is 2. The molecule has 0 N–H and O–H groups in total. The summed E-state index contributed by atoms with van der Waals surface area (Å²) in [5, 5.41) is 0. The summed E-state index contributed by atoms with van der Waals surface area (Å²) in [5.74, 6) is 2.98. The Morgan fingerprint density at radius 1 is 1.20 bits per heavy atom. The van der Waals surface area contributed by atoms with Gasteiger partial charge in [0.2, 0.25) is 0 Å². The normalized spacial score (nSPS) is 51.5. The van der Waals surface area contributed by atoms with Gasteiger partial charge in [-0.1, -0.05) is 32.4 Å². The first-order valence-corrected chi connectivity index (χ1v) is 6.62. The minimum Gasteiger partial charge on any atom is -0.0853 e. The molecule has 0 aliphatic heterocycles. The molecule has 0 aromatic carbocycles. The highest BCUT2D eigenvalue weighted by atomic mass is 14.7. The van der Waals surface area contributed by atoms with E-state index < -0.39 is 0 Å². The topological polar surface area (TPSA) is 0 Å². The number of fused-ring (bicyclic) bond motifs is 3. The molecule has 0 saturated heterocycles. The maximum atomic E-state index is 2.58. The molecule has 3 aliphatic carbocycles. The second-order valence-corrected chi connectivity index (χ2v) is 7.19. The van der Waals surface area contributed by atoms with E-state index >= 15 is 0 Å². The summed E-state index contributed by atoms with van der Waals surface area (Å²) >= 11 is 0. The van der Waals surface area contributed by atoms with Crippen molar-refractivity contribution in [2.75, 3.05) is 0 Å². The van der Waals surface area contributed by atoms with Gasteiger partial charge in [0, 0.05) is 0 Å². The Hall–Kier alpha value is -0.260. The van der Waals surface area contributed by atoms with Crippen molar-refractivity contribution < 1.29 is 0 Å². The Kier molecular flexibility index (Phi) is 1.79. The van der Waals surface area contributed by atoms with E-state index in [9.17, 15) is 0 Å². The lowest BCUT2D eigenvalue weighted by Crippen LogP contribution is -2.46. The highest BCUT2D eigenvalue weighted by molar-refractivity contribution is 5.22. The highest BCUT2D eigenvalue weighted by Gasteiger charge is 2.62. The number of rotatable bonds is 0. The van der Waals surface area contributed by atoms with Gasteiger partial charge in [0.15, 0.2) is 0 Å². The fourth-order valence-corrected chi connectivity index (χ4v) is 5.02. The Balaban J connectivity index is 1.95. The fourth-order valence-electron chi connectivity index (χ4n) is 5.02. The van der Waals surface area contributed by atoms with Gasteiger partial charge < -0.3 is 0 Å². The first-order valence-electron chi connectivity index (χ1n) is 6.62. The summed E-state index contributed by atoms with van der Waals surface area (Å²) in [6.45, 7) is 9.91. The largest absolute Gasteiger partial charge is 0.0853 e. The van der Waals surface area contributed by atoms with E-state index in [-0.39, 0.29) is 0 Å². The molecule has 0 spiro atoms. The summed E-state index contributed by atoms with van der Waals surface area (Å²) in [6.07, 6.45) is 8.26. The molecule has 3 rings (SSSR count). The van der Waals surface area contributed by atoms with Gasteiger partial charge in [-0.2, -0.15) is 0 Å². The van der Waals surface area contributed by atoms with Gasteiger partial charge in [-0.15, -0.1) is 0 Å². The molecule has 0 bridgehead atoms. The van der Waals surface area contributed by atoms with Crippen LogP contribution >= 0.6 is 0 Å². The molecule has 15 heavy (non-hydrogen) atoms. The van der Waals surface area contributed by atoms with Crippen molar-refractivity contribution in [2.45, 2.75) is 53.4 Å². The van der Waals surface area contributed by atoms with Crippen LogP contribution in [-0.2, 0) is 0 Å². The predicted molar refractivity (Wildman–Crippen MR) is 64.6 cm³/mol. The zero-order chi connectivity index (χ0) is 10.8. The molecule has 0 amide bonds. The molecule has 2 fully saturated rings. The van der Waals surface area contributed by atoms with Gasteiger partial charge in [-0.05, 0) is 61.2 Å². The third-order valence-corrected chi connectivity index (χ3v) is 6.07. The third-order valence-electron chi connectivity index (χ3n) is 6.07. The van der Waals surface area contributed by atoms with Gasteiger partial charge in [-0.25, -0.2) is 0 Å². The molecule has 2 saturated carbocycles. The zero-order valence-electron chi connectivity index (χ0n) is 10.6. The SMILES string of the molecule is CC1=CCC[C@@]2(C)[C@@H]3CC(C)(C)[C@@H]3C[C@@H]12.